The molecule has 6 aromatic heterocycles. The van der Waals surface area contributed by atoms with Gasteiger partial charge in [0, 0.05) is 44.8 Å². The second kappa shape index (κ2) is 32.7. The maximum Gasteiger partial charge on any atom is 0.505 e. The Labute approximate surface area is 616 Å². The highest BCUT2D eigenvalue weighted by Gasteiger charge is 2.58. The summed E-state index contributed by atoms with van der Waals surface area (Å²) in [7, 11) is -2.69. The topological polar surface area (TPSA) is 62.7 Å². The second-order valence-corrected chi connectivity index (χ2v) is 43.7. The smallest absolute Gasteiger partial charge is 0.399 e. The molecule has 4 atom stereocenters. The van der Waals surface area contributed by atoms with Crippen LogP contribution >= 0.6 is 68.0 Å². The van der Waals surface area contributed by atoms with E-state index in [9.17, 15) is 0 Å². The molecule has 0 N–H and O–H groups in total. The van der Waals surface area contributed by atoms with Gasteiger partial charge in [-0.15, -0.1) is 68.0 Å². The fraction of sp³-hybridized carbons (Fsp3) is 0.732. The van der Waals surface area contributed by atoms with Crippen molar-refractivity contribution in [2.24, 2.45) is 23.7 Å². The van der Waals surface area contributed by atoms with E-state index in [0.29, 0.717) is 11.8 Å². The van der Waals surface area contributed by atoms with Crippen LogP contribution in [0.4, 0.5) is 0 Å². The van der Waals surface area contributed by atoms with E-state index < -0.39 is 8.07 Å². The van der Waals surface area contributed by atoms with Gasteiger partial charge in [0.25, 0.3) is 0 Å². The summed E-state index contributed by atoms with van der Waals surface area (Å²) in [5, 5.41) is 5.61. The number of aryl methyl sites for hydroxylation is 2. The van der Waals surface area contributed by atoms with Crippen LogP contribution in [0.3, 0.4) is 0 Å². The van der Waals surface area contributed by atoms with Crippen LogP contribution in [-0.2, 0) is 29.4 Å². The molecule has 15 heteroatoms. The molecule has 0 amide bonds. The number of thiophene rings is 4. The molecule has 97 heavy (non-hydrogen) atoms. The molecule has 5 aliphatic rings. The van der Waals surface area contributed by atoms with Crippen molar-refractivity contribution >= 4 is 111 Å². The molecule has 0 saturated carbocycles. The van der Waals surface area contributed by atoms with Gasteiger partial charge in [0.05, 0.1) is 52.7 Å². The standard InChI is InChI=1S/C45H68N2S4Si.C37H60B2O4S2/c1-9-15-19-21-25-52(26-22-20-16-10-2)43-40(49-32(8)46-43)41-44(52)47-42(51-41)37-28-36-39(50-37)38-35(27-31(7)48-38)45(36,29-33(13-5)23-17-11-3)30-34(14-6)24-18-12-4;1-13-17-19-25(15-3)23-37(24-26(16-4)20-18-14-2)27-21-29(38-40-33(5,6)34(7,8)41-38)44-31(27)32-28(37)22-30(45-32)39-42-35(9,10)36(11,12)43-39/h27-28,33-34H,9-26,29-30H2,1-8H3;21-22,25-26H,13-20,23-24H2,1-12H3. The first kappa shape index (κ1) is 77.8. The van der Waals surface area contributed by atoms with Crippen molar-refractivity contribution in [2.75, 3.05) is 0 Å². The first-order chi connectivity index (χ1) is 46.3. The number of nitrogens with zero attached hydrogens (tertiary/aromatic N) is 2. The number of hydrogen-bond donors (Lipinski definition) is 0. The van der Waals surface area contributed by atoms with Crippen molar-refractivity contribution in [3.05, 3.63) is 56.4 Å². The quantitative estimate of drug-likeness (QED) is 0.0286. The molecule has 9 heterocycles. The number of fused-ring (bicyclic) bond motifs is 9. The minimum absolute atomic E-state index is 0.0235. The van der Waals surface area contributed by atoms with Crippen molar-refractivity contribution < 1.29 is 18.6 Å². The zero-order valence-electron chi connectivity index (χ0n) is 64.5. The van der Waals surface area contributed by atoms with Crippen LogP contribution < -0.4 is 20.2 Å². The van der Waals surface area contributed by atoms with E-state index in [1.807, 2.05) is 45.3 Å². The molecule has 11 rings (SSSR count). The van der Waals surface area contributed by atoms with Crippen LogP contribution in [-0.4, -0.2) is 54.7 Å². The maximum absolute atomic E-state index is 6.64. The van der Waals surface area contributed by atoms with Gasteiger partial charge in [0.2, 0.25) is 0 Å². The summed E-state index contributed by atoms with van der Waals surface area (Å²) in [6, 6.07) is 13.0. The monoisotopic (exact) mass is 1450 g/mol. The molecule has 2 aliphatic carbocycles. The highest BCUT2D eigenvalue weighted by atomic mass is 32.1. The third kappa shape index (κ3) is 15.7. The minimum Gasteiger partial charge on any atom is -0.399 e. The lowest BCUT2D eigenvalue weighted by molar-refractivity contribution is 0.00578. The van der Waals surface area contributed by atoms with Crippen LogP contribution in [0, 0.1) is 37.5 Å². The Morgan fingerprint density at radius 2 is 0.732 bits per heavy atom. The predicted octanol–water partition coefficient (Wildman–Crippen LogP) is 25.1. The molecule has 0 spiro atoms. The van der Waals surface area contributed by atoms with Crippen LogP contribution in [0.1, 0.15) is 337 Å². The van der Waals surface area contributed by atoms with E-state index in [1.165, 1.54) is 262 Å². The summed E-state index contributed by atoms with van der Waals surface area (Å²) in [6.45, 7) is 45.7. The van der Waals surface area contributed by atoms with Crippen molar-refractivity contribution in [3.8, 4) is 39.1 Å². The van der Waals surface area contributed by atoms with Crippen molar-refractivity contribution in [2.45, 2.75) is 364 Å². The Morgan fingerprint density at radius 1 is 0.381 bits per heavy atom. The van der Waals surface area contributed by atoms with Gasteiger partial charge in [0.1, 0.15) is 5.01 Å². The average molecular weight is 1450 g/mol. The third-order valence-corrected chi connectivity index (χ3v) is 37.4. The number of thiazole rings is 2. The number of hydrogen-bond acceptors (Lipinski definition) is 12. The SMILES string of the molecule is CCCCC(CC)CC1(CC(CC)CCCC)c2cc(B3OC(C)(C)C(C)(C)O3)sc2-c2sc(B3OC(C)(C)C(C)(C)O3)cc21.CCCCCC[Si]1(CCCCCC)c2nc(C)sc2-c2sc(-c3cc4c(s3)-c3sc(C)cc3C4(CC(CC)CCCC)CC(CC)CCCC)nc21. The van der Waals surface area contributed by atoms with E-state index >= 15 is 0 Å². The molecule has 3 aliphatic heterocycles. The molecule has 6 aromatic rings. The summed E-state index contributed by atoms with van der Waals surface area (Å²) in [5.74, 6) is 2.92. The van der Waals surface area contributed by atoms with Crippen LogP contribution in [0.25, 0.3) is 39.1 Å². The van der Waals surface area contributed by atoms with Crippen LogP contribution in [0.15, 0.2) is 24.3 Å². The third-order valence-electron chi connectivity index (χ3n) is 24.9. The lowest BCUT2D eigenvalue weighted by atomic mass is 9.65. The predicted molar refractivity (Wildman–Crippen MR) is 435 cm³/mol. The largest absolute Gasteiger partial charge is 0.505 e. The van der Waals surface area contributed by atoms with Gasteiger partial charge in [-0.2, -0.15) is 0 Å². The van der Waals surface area contributed by atoms with E-state index in [2.05, 4.69) is 185 Å². The molecule has 0 radical (unpaired) electrons. The number of unbranched alkanes of at least 4 members (excludes halogenated alkanes) is 10. The van der Waals surface area contributed by atoms with E-state index in [1.54, 1.807) is 20.9 Å². The fourth-order valence-electron chi connectivity index (χ4n) is 17.4. The zero-order valence-corrected chi connectivity index (χ0v) is 70.4. The Kier molecular flexibility index (Phi) is 26.3. The first-order valence-corrected chi connectivity index (χ1v) is 46.9. The number of aromatic nitrogens is 2. The summed E-state index contributed by atoms with van der Waals surface area (Å²) in [5.41, 5.74) is 5.09. The van der Waals surface area contributed by atoms with E-state index in [4.69, 9.17) is 28.6 Å². The number of rotatable bonds is 37. The molecule has 4 unspecified atom stereocenters. The molecule has 0 aromatic carbocycles. The van der Waals surface area contributed by atoms with E-state index in [-0.39, 0.29) is 47.5 Å². The van der Waals surface area contributed by atoms with Gasteiger partial charge in [-0.05, 0) is 177 Å². The second-order valence-electron chi connectivity index (χ2n) is 32.9. The molecule has 6 nitrogen and oxygen atoms in total. The molecule has 536 valence electrons. The van der Waals surface area contributed by atoms with Crippen LogP contribution in [0.5, 0.6) is 0 Å². The normalized spacial score (nSPS) is 20.5. The molecular formula is C82H128B2N2O4S6Si. The molecular weight excluding hydrogens is 1320 g/mol. The molecule has 2 fully saturated rings. The first-order valence-electron chi connectivity index (χ1n) is 39.6. The Hall–Kier alpha value is -1.75. The fourth-order valence-corrected chi connectivity index (χ4v) is 31.3. The van der Waals surface area contributed by atoms with E-state index in [0.717, 1.165) is 11.8 Å². The summed E-state index contributed by atoms with van der Waals surface area (Å²) >= 11 is 12.0. The highest BCUT2D eigenvalue weighted by Crippen LogP contribution is 2.63. The Balaban J connectivity index is 0.000000213. The van der Waals surface area contributed by atoms with Gasteiger partial charge in [-0.3, -0.25) is 4.98 Å². The van der Waals surface area contributed by atoms with Crippen LogP contribution in [0.2, 0.25) is 12.1 Å². The van der Waals surface area contributed by atoms with Gasteiger partial charge in [0.15, 0.2) is 8.07 Å². The van der Waals surface area contributed by atoms with Gasteiger partial charge >= 0.3 is 14.2 Å². The van der Waals surface area contributed by atoms with Gasteiger partial charge < -0.3 is 18.6 Å². The summed E-state index contributed by atoms with van der Waals surface area (Å²) in [4.78, 5) is 23.2. The van der Waals surface area contributed by atoms with Crippen molar-refractivity contribution in [3.63, 3.8) is 0 Å². The molecule has 0 bridgehead atoms. The zero-order chi connectivity index (χ0) is 69.9. The molecule has 2 saturated heterocycles. The highest BCUT2D eigenvalue weighted by molar-refractivity contribution is 7.32. The summed E-state index contributed by atoms with van der Waals surface area (Å²) < 4.78 is 29.0. The Morgan fingerprint density at radius 3 is 1.12 bits per heavy atom. The lowest BCUT2D eigenvalue weighted by Crippen LogP contribution is -2.56. The van der Waals surface area contributed by atoms with Gasteiger partial charge in [-0.1, -0.05) is 223 Å². The minimum atomic E-state index is -2.02. The Bertz CT molecular complexity index is 3360. The van der Waals surface area contributed by atoms with Crippen molar-refractivity contribution in [1.82, 2.24) is 9.97 Å². The maximum atomic E-state index is 6.64. The van der Waals surface area contributed by atoms with Gasteiger partial charge in [-0.25, -0.2) is 4.98 Å². The van der Waals surface area contributed by atoms with Crippen molar-refractivity contribution in [1.29, 1.82) is 0 Å². The average Bonchev–Trinajstić information content (AvgIpc) is 1.55. The lowest BCUT2D eigenvalue weighted by Gasteiger charge is -2.38. The summed E-state index contributed by atoms with van der Waals surface area (Å²) in [6.07, 6.45) is 36.4.